The molecular formula is C15H17N3OS. The summed E-state index contributed by atoms with van der Waals surface area (Å²) >= 11 is 1.78. The zero-order chi connectivity index (χ0) is 14.1. The third kappa shape index (κ3) is 2.55. The predicted molar refractivity (Wildman–Crippen MR) is 83.2 cm³/mol. The van der Waals surface area contributed by atoms with Gasteiger partial charge in [-0.25, -0.2) is 4.79 Å². The van der Waals surface area contributed by atoms with Crippen LogP contribution in [0, 0.1) is 6.92 Å². The molecule has 1 aromatic carbocycles. The van der Waals surface area contributed by atoms with Crippen LogP contribution in [-0.2, 0) is 6.54 Å². The average molecular weight is 287 g/mol. The molecule has 3 rings (SSSR count). The van der Waals surface area contributed by atoms with Crippen molar-refractivity contribution >= 4 is 22.4 Å². The molecule has 4 nitrogen and oxygen atoms in total. The smallest absolute Gasteiger partial charge is 0.306 e. The Balaban J connectivity index is 1.76. The Morgan fingerprint density at radius 3 is 2.80 bits per heavy atom. The molecule has 0 radical (unpaired) electrons. The van der Waals surface area contributed by atoms with E-state index in [2.05, 4.69) is 40.6 Å². The van der Waals surface area contributed by atoms with Crippen molar-refractivity contribution in [1.82, 2.24) is 15.3 Å². The minimum atomic E-state index is -0.160. The average Bonchev–Trinajstić information content (AvgIpc) is 2.99. The highest BCUT2D eigenvalue weighted by Crippen LogP contribution is 2.20. The summed E-state index contributed by atoms with van der Waals surface area (Å²) < 4.78 is 0. The first-order chi connectivity index (χ1) is 9.63. The van der Waals surface area contributed by atoms with E-state index in [1.807, 2.05) is 18.2 Å². The van der Waals surface area contributed by atoms with Crippen LogP contribution in [0.2, 0.25) is 0 Å². The monoisotopic (exact) mass is 287 g/mol. The summed E-state index contributed by atoms with van der Waals surface area (Å²) in [6, 6.07) is 8.39. The van der Waals surface area contributed by atoms with Gasteiger partial charge >= 0.3 is 5.69 Å². The molecule has 2 aromatic heterocycles. The lowest BCUT2D eigenvalue weighted by molar-refractivity contribution is 0.578. The molecule has 5 heteroatoms. The number of aromatic amines is 2. The second-order valence-electron chi connectivity index (χ2n) is 5.01. The van der Waals surface area contributed by atoms with Gasteiger partial charge in [0.2, 0.25) is 0 Å². The zero-order valence-corrected chi connectivity index (χ0v) is 12.3. The number of H-pyrrole nitrogens is 2. The Labute approximate surface area is 120 Å². The second kappa shape index (κ2) is 5.26. The Bertz CT molecular complexity index is 784. The zero-order valence-electron chi connectivity index (χ0n) is 11.5. The summed E-state index contributed by atoms with van der Waals surface area (Å²) in [5, 5.41) is 5.64. The molecular weight excluding hydrogens is 270 g/mol. The Morgan fingerprint density at radius 1 is 1.25 bits per heavy atom. The van der Waals surface area contributed by atoms with E-state index in [0.717, 1.165) is 17.6 Å². The number of fused-ring (bicyclic) bond motifs is 1. The van der Waals surface area contributed by atoms with Gasteiger partial charge in [0.15, 0.2) is 0 Å². The molecule has 0 saturated carbocycles. The van der Waals surface area contributed by atoms with Gasteiger partial charge in [-0.2, -0.15) is 0 Å². The van der Waals surface area contributed by atoms with E-state index < -0.39 is 0 Å². The van der Waals surface area contributed by atoms with Gasteiger partial charge in [0.1, 0.15) is 0 Å². The van der Waals surface area contributed by atoms with Crippen molar-refractivity contribution in [3.05, 3.63) is 56.1 Å². The largest absolute Gasteiger partial charge is 0.323 e. The minimum absolute atomic E-state index is 0.160. The molecule has 0 aliphatic rings. The number of hydrogen-bond donors (Lipinski definition) is 3. The van der Waals surface area contributed by atoms with Gasteiger partial charge in [-0.05, 0) is 48.6 Å². The SMILES string of the molecule is Cc1ccsc1CNC(C)c1ccc2[nH]c(=O)[nH]c2c1. The predicted octanol–water partition coefficient (Wildman–Crippen LogP) is 3.08. The van der Waals surface area contributed by atoms with Crippen LogP contribution >= 0.6 is 11.3 Å². The van der Waals surface area contributed by atoms with Crippen LogP contribution in [0.4, 0.5) is 0 Å². The van der Waals surface area contributed by atoms with Gasteiger partial charge < -0.3 is 15.3 Å². The lowest BCUT2D eigenvalue weighted by Gasteiger charge is -2.14. The van der Waals surface area contributed by atoms with Gasteiger partial charge in [-0.1, -0.05) is 6.07 Å². The molecule has 0 fully saturated rings. The lowest BCUT2D eigenvalue weighted by atomic mass is 10.1. The molecule has 0 amide bonds. The molecule has 0 aliphatic heterocycles. The number of nitrogens with one attached hydrogen (secondary N) is 3. The number of thiophene rings is 1. The summed E-state index contributed by atoms with van der Waals surface area (Å²) in [6.07, 6.45) is 0. The number of rotatable bonds is 4. The van der Waals surface area contributed by atoms with Crippen molar-refractivity contribution in [3.8, 4) is 0 Å². The fourth-order valence-electron chi connectivity index (χ4n) is 2.27. The summed E-state index contributed by atoms with van der Waals surface area (Å²) in [5.41, 5.74) is 4.04. The van der Waals surface area contributed by atoms with Crippen molar-refractivity contribution in [2.24, 2.45) is 0 Å². The molecule has 104 valence electrons. The number of aryl methyl sites for hydroxylation is 1. The van der Waals surface area contributed by atoms with Crippen LogP contribution in [0.15, 0.2) is 34.4 Å². The topological polar surface area (TPSA) is 60.7 Å². The van der Waals surface area contributed by atoms with Crippen LogP contribution in [-0.4, -0.2) is 9.97 Å². The van der Waals surface area contributed by atoms with Gasteiger partial charge in [0.05, 0.1) is 11.0 Å². The van der Waals surface area contributed by atoms with Crippen LogP contribution < -0.4 is 11.0 Å². The van der Waals surface area contributed by atoms with Crippen molar-refractivity contribution in [3.63, 3.8) is 0 Å². The Morgan fingerprint density at radius 2 is 2.05 bits per heavy atom. The molecule has 0 saturated heterocycles. The first kappa shape index (κ1) is 13.1. The maximum Gasteiger partial charge on any atom is 0.323 e. The number of hydrogen-bond acceptors (Lipinski definition) is 3. The van der Waals surface area contributed by atoms with Crippen molar-refractivity contribution in [1.29, 1.82) is 0 Å². The maximum atomic E-state index is 11.3. The third-order valence-electron chi connectivity index (χ3n) is 3.58. The van der Waals surface area contributed by atoms with Crippen LogP contribution in [0.5, 0.6) is 0 Å². The van der Waals surface area contributed by atoms with Gasteiger partial charge in [-0.3, -0.25) is 0 Å². The van der Waals surface area contributed by atoms with E-state index in [-0.39, 0.29) is 11.7 Å². The van der Waals surface area contributed by atoms with Crippen molar-refractivity contribution in [2.45, 2.75) is 26.4 Å². The number of aromatic nitrogens is 2. The summed E-state index contributed by atoms with van der Waals surface area (Å²) in [5.74, 6) is 0. The van der Waals surface area contributed by atoms with E-state index >= 15 is 0 Å². The second-order valence-corrected chi connectivity index (χ2v) is 6.01. The molecule has 3 aromatic rings. The quantitative estimate of drug-likeness (QED) is 0.690. The number of benzene rings is 1. The number of imidazole rings is 1. The summed E-state index contributed by atoms with van der Waals surface area (Å²) in [6.45, 7) is 5.13. The highest BCUT2D eigenvalue weighted by molar-refractivity contribution is 7.10. The Hall–Kier alpha value is -1.85. The van der Waals surface area contributed by atoms with Gasteiger partial charge in [0, 0.05) is 17.5 Å². The van der Waals surface area contributed by atoms with Crippen molar-refractivity contribution in [2.75, 3.05) is 0 Å². The molecule has 1 atom stereocenters. The van der Waals surface area contributed by atoms with Crippen LogP contribution in [0.1, 0.15) is 29.0 Å². The fourth-order valence-corrected chi connectivity index (χ4v) is 3.13. The molecule has 0 aliphatic carbocycles. The first-order valence-corrected chi connectivity index (χ1v) is 7.50. The van der Waals surface area contributed by atoms with E-state index in [0.29, 0.717) is 0 Å². The Kier molecular flexibility index (Phi) is 3.46. The van der Waals surface area contributed by atoms with Crippen molar-refractivity contribution < 1.29 is 0 Å². The van der Waals surface area contributed by atoms with Crippen LogP contribution in [0.3, 0.4) is 0 Å². The van der Waals surface area contributed by atoms with E-state index in [1.54, 1.807) is 11.3 Å². The molecule has 2 heterocycles. The van der Waals surface area contributed by atoms with Crippen LogP contribution in [0.25, 0.3) is 11.0 Å². The van der Waals surface area contributed by atoms with E-state index in [1.165, 1.54) is 16.0 Å². The standard InChI is InChI=1S/C15H17N3OS/c1-9-5-6-20-14(9)8-16-10(2)11-3-4-12-13(7-11)18-15(19)17-12/h3-7,10,16H,8H2,1-2H3,(H2,17,18,19). The normalized spacial score (nSPS) is 12.9. The minimum Gasteiger partial charge on any atom is -0.306 e. The molecule has 3 N–H and O–H groups in total. The summed E-state index contributed by atoms with van der Waals surface area (Å²) in [7, 11) is 0. The highest BCUT2D eigenvalue weighted by Gasteiger charge is 2.08. The van der Waals surface area contributed by atoms with Gasteiger partial charge in [-0.15, -0.1) is 11.3 Å². The molecule has 20 heavy (non-hydrogen) atoms. The van der Waals surface area contributed by atoms with E-state index in [9.17, 15) is 4.79 Å². The summed E-state index contributed by atoms with van der Waals surface area (Å²) in [4.78, 5) is 18.2. The molecule has 1 unspecified atom stereocenters. The third-order valence-corrected chi connectivity index (χ3v) is 4.60. The first-order valence-electron chi connectivity index (χ1n) is 6.62. The fraction of sp³-hybridized carbons (Fsp3) is 0.267. The highest BCUT2D eigenvalue weighted by atomic mass is 32.1. The van der Waals surface area contributed by atoms with E-state index in [4.69, 9.17) is 0 Å². The molecule has 0 bridgehead atoms. The maximum absolute atomic E-state index is 11.3. The lowest BCUT2D eigenvalue weighted by Crippen LogP contribution is -2.17. The molecule has 0 spiro atoms. The van der Waals surface area contributed by atoms with Gasteiger partial charge in [0.25, 0.3) is 0 Å².